The minimum absolute atomic E-state index is 0.513. The first-order chi connectivity index (χ1) is 11.7. The number of rotatable bonds is 4. The van der Waals surface area contributed by atoms with Gasteiger partial charge in [0.05, 0.1) is 22.6 Å². The van der Waals surface area contributed by atoms with Gasteiger partial charge in [0.2, 0.25) is 0 Å². The lowest BCUT2D eigenvalue weighted by Gasteiger charge is -2.12. The minimum atomic E-state index is 0.513. The van der Waals surface area contributed by atoms with Crippen molar-refractivity contribution < 1.29 is 0 Å². The van der Waals surface area contributed by atoms with E-state index in [9.17, 15) is 0 Å². The molecule has 2 aromatic heterocycles. The van der Waals surface area contributed by atoms with Gasteiger partial charge in [0.1, 0.15) is 0 Å². The lowest BCUT2D eigenvalue weighted by Crippen LogP contribution is -2.03. The fraction of sp³-hybridized carbons (Fsp3) is 0.278. The number of nitrogens with zero attached hydrogens (tertiary/aromatic N) is 2. The van der Waals surface area contributed by atoms with E-state index in [0.717, 1.165) is 21.9 Å². The normalized spacial score (nSPS) is 17.5. The number of imidazole rings is 1. The molecule has 1 fully saturated rings. The maximum absolute atomic E-state index is 6.35. The molecule has 1 aromatic carbocycles. The van der Waals surface area contributed by atoms with Gasteiger partial charge >= 0.3 is 0 Å². The van der Waals surface area contributed by atoms with Gasteiger partial charge in [0, 0.05) is 23.0 Å². The van der Waals surface area contributed by atoms with E-state index in [4.69, 9.17) is 23.2 Å². The van der Waals surface area contributed by atoms with Crippen LogP contribution in [0.5, 0.6) is 0 Å². The summed E-state index contributed by atoms with van der Waals surface area (Å²) in [5.41, 5.74) is 4.22. The average molecular weight is 378 g/mol. The number of hydrogen-bond donors (Lipinski definition) is 1. The van der Waals surface area contributed by atoms with Crippen molar-refractivity contribution in [2.45, 2.75) is 24.6 Å². The van der Waals surface area contributed by atoms with Crippen molar-refractivity contribution >= 4 is 46.3 Å². The predicted molar refractivity (Wildman–Crippen MR) is 103 cm³/mol. The number of benzene rings is 1. The number of nitrogens with one attached hydrogen (secondary N) is 1. The summed E-state index contributed by atoms with van der Waals surface area (Å²) in [5.74, 6) is 1.22. The highest BCUT2D eigenvalue weighted by atomic mass is 35.5. The molecule has 6 heteroatoms. The monoisotopic (exact) mass is 377 g/mol. The van der Waals surface area contributed by atoms with Gasteiger partial charge in [0.15, 0.2) is 5.65 Å². The maximum Gasteiger partial charge on any atom is 0.160 e. The topological polar surface area (TPSA) is 29.3 Å². The number of thioether (sulfide) groups is 1. The molecule has 1 N–H and O–H groups in total. The second-order valence-electron chi connectivity index (χ2n) is 5.93. The Morgan fingerprint density at radius 2 is 2.17 bits per heavy atom. The highest BCUT2D eigenvalue weighted by Gasteiger charge is 2.22. The molecule has 124 valence electrons. The Hall–Kier alpha value is -1.36. The van der Waals surface area contributed by atoms with Crippen LogP contribution in [0, 0.1) is 0 Å². The number of aromatic nitrogens is 2. The van der Waals surface area contributed by atoms with Crippen LogP contribution < -0.4 is 5.32 Å². The van der Waals surface area contributed by atoms with E-state index in [2.05, 4.69) is 14.7 Å². The molecule has 1 aliphatic heterocycles. The second-order valence-corrected chi connectivity index (χ2v) is 8.12. The van der Waals surface area contributed by atoms with Crippen molar-refractivity contribution in [3.8, 4) is 0 Å². The van der Waals surface area contributed by atoms with Crippen LogP contribution in [0.15, 0.2) is 42.7 Å². The second kappa shape index (κ2) is 6.87. The SMILES string of the molecule is Clc1cccc(CNc2cc(Cl)cn3c([C@@H]4CCCS4)cnc23)c1. The van der Waals surface area contributed by atoms with Gasteiger partial charge in [-0.1, -0.05) is 35.3 Å². The lowest BCUT2D eigenvalue weighted by atomic mass is 10.2. The largest absolute Gasteiger partial charge is 0.378 e. The van der Waals surface area contributed by atoms with Gasteiger partial charge in [-0.3, -0.25) is 4.40 Å². The van der Waals surface area contributed by atoms with Crippen LogP contribution in [0.3, 0.4) is 0 Å². The molecule has 1 saturated heterocycles. The Kier molecular flexibility index (Phi) is 4.61. The number of pyridine rings is 1. The summed E-state index contributed by atoms with van der Waals surface area (Å²) in [7, 11) is 0. The molecule has 0 aliphatic carbocycles. The molecule has 0 saturated carbocycles. The summed E-state index contributed by atoms with van der Waals surface area (Å²) in [6, 6.07) is 9.77. The van der Waals surface area contributed by atoms with Crippen molar-refractivity contribution in [1.82, 2.24) is 9.38 Å². The summed E-state index contributed by atoms with van der Waals surface area (Å²) in [6.07, 6.45) is 6.42. The lowest BCUT2D eigenvalue weighted by molar-refractivity contribution is 0.799. The Balaban J connectivity index is 1.65. The van der Waals surface area contributed by atoms with E-state index < -0.39 is 0 Å². The molecule has 0 amide bonds. The zero-order chi connectivity index (χ0) is 16.5. The zero-order valence-electron chi connectivity index (χ0n) is 13.0. The summed E-state index contributed by atoms with van der Waals surface area (Å²) in [5, 5.41) is 5.41. The third kappa shape index (κ3) is 3.23. The molecular formula is C18H17Cl2N3S. The Morgan fingerprint density at radius 1 is 1.25 bits per heavy atom. The molecule has 0 radical (unpaired) electrons. The minimum Gasteiger partial charge on any atom is -0.378 e. The standard InChI is InChI=1S/C18H17Cl2N3S/c19-13-4-1-3-12(7-13)9-21-15-8-14(20)11-23-16(10-22-18(15)23)17-5-2-6-24-17/h1,3-4,7-8,10-11,17,21H,2,5-6,9H2/t17-/m0/s1. The van der Waals surface area contributed by atoms with Crippen molar-refractivity contribution in [3.63, 3.8) is 0 Å². The molecule has 4 rings (SSSR count). The third-order valence-electron chi connectivity index (χ3n) is 4.23. The van der Waals surface area contributed by atoms with Crippen molar-refractivity contribution in [1.29, 1.82) is 0 Å². The fourth-order valence-electron chi connectivity index (χ4n) is 3.10. The van der Waals surface area contributed by atoms with Crippen LogP contribution in [0.4, 0.5) is 5.69 Å². The predicted octanol–water partition coefficient (Wildman–Crippen LogP) is 5.82. The summed E-state index contributed by atoms with van der Waals surface area (Å²) < 4.78 is 2.13. The highest BCUT2D eigenvalue weighted by molar-refractivity contribution is 7.99. The van der Waals surface area contributed by atoms with Gasteiger partial charge in [-0.15, -0.1) is 0 Å². The smallest absolute Gasteiger partial charge is 0.160 e. The van der Waals surface area contributed by atoms with Gasteiger partial charge < -0.3 is 5.32 Å². The van der Waals surface area contributed by atoms with Crippen molar-refractivity contribution in [2.75, 3.05) is 11.1 Å². The van der Waals surface area contributed by atoms with Crippen LogP contribution in [0.2, 0.25) is 10.0 Å². The van der Waals surface area contributed by atoms with Gasteiger partial charge in [-0.25, -0.2) is 4.98 Å². The van der Waals surface area contributed by atoms with E-state index in [0.29, 0.717) is 16.8 Å². The summed E-state index contributed by atoms with van der Waals surface area (Å²) in [6.45, 7) is 0.678. The summed E-state index contributed by atoms with van der Waals surface area (Å²) >= 11 is 14.4. The highest BCUT2D eigenvalue weighted by Crippen LogP contribution is 2.40. The fourth-order valence-corrected chi connectivity index (χ4v) is 4.81. The number of fused-ring (bicyclic) bond motifs is 1. The number of hydrogen-bond acceptors (Lipinski definition) is 3. The van der Waals surface area contributed by atoms with Crippen LogP contribution in [0.25, 0.3) is 5.65 Å². The van der Waals surface area contributed by atoms with Crippen LogP contribution in [0.1, 0.15) is 29.3 Å². The molecular weight excluding hydrogens is 361 g/mol. The molecule has 0 spiro atoms. The first-order valence-electron chi connectivity index (χ1n) is 7.97. The first kappa shape index (κ1) is 16.1. The Morgan fingerprint density at radius 3 is 2.96 bits per heavy atom. The molecule has 0 unspecified atom stereocenters. The zero-order valence-corrected chi connectivity index (χ0v) is 15.3. The van der Waals surface area contributed by atoms with Gasteiger partial charge in [-0.05, 0) is 42.4 Å². The quantitative estimate of drug-likeness (QED) is 0.620. The van der Waals surface area contributed by atoms with Gasteiger partial charge in [-0.2, -0.15) is 11.8 Å². The molecule has 0 bridgehead atoms. The molecule has 24 heavy (non-hydrogen) atoms. The molecule has 1 aliphatic rings. The molecule has 3 aromatic rings. The van der Waals surface area contributed by atoms with E-state index in [1.165, 1.54) is 24.3 Å². The first-order valence-corrected chi connectivity index (χ1v) is 9.77. The van der Waals surface area contributed by atoms with E-state index >= 15 is 0 Å². The van der Waals surface area contributed by atoms with Crippen molar-refractivity contribution in [2.24, 2.45) is 0 Å². The maximum atomic E-state index is 6.35. The number of anilines is 1. The van der Waals surface area contributed by atoms with Crippen LogP contribution in [-0.2, 0) is 6.54 Å². The van der Waals surface area contributed by atoms with Gasteiger partial charge in [0.25, 0.3) is 0 Å². The average Bonchev–Trinajstić information content (AvgIpc) is 3.21. The number of halogens is 2. The summed E-state index contributed by atoms with van der Waals surface area (Å²) in [4.78, 5) is 4.64. The van der Waals surface area contributed by atoms with Crippen LogP contribution in [-0.4, -0.2) is 15.1 Å². The van der Waals surface area contributed by atoms with Crippen molar-refractivity contribution in [3.05, 3.63) is 64.0 Å². The Labute approximate surface area is 155 Å². The molecule has 3 heterocycles. The van der Waals surface area contributed by atoms with Crippen LogP contribution >= 0.6 is 35.0 Å². The van der Waals surface area contributed by atoms with E-state index in [1.54, 1.807) is 0 Å². The molecule has 1 atom stereocenters. The molecule has 3 nitrogen and oxygen atoms in total. The Bertz CT molecular complexity index is 872. The van der Waals surface area contributed by atoms with E-state index in [-0.39, 0.29) is 0 Å². The third-order valence-corrected chi connectivity index (χ3v) is 6.08. The van der Waals surface area contributed by atoms with E-state index in [1.807, 2.05) is 54.5 Å².